The lowest BCUT2D eigenvalue weighted by Crippen LogP contribution is -2.34. The molecule has 0 amide bonds. The first-order chi connectivity index (χ1) is 27.2. The van der Waals surface area contributed by atoms with E-state index in [9.17, 15) is 0 Å². The number of aromatic nitrogens is 2. The summed E-state index contributed by atoms with van der Waals surface area (Å²) in [5.41, 5.74) is 30.0. The van der Waals surface area contributed by atoms with E-state index in [1.165, 1.54) is 42.5 Å². The first kappa shape index (κ1) is 38.1. The van der Waals surface area contributed by atoms with Crippen LogP contribution in [-0.4, -0.2) is 23.8 Å². The third-order valence-corrected chi connectivity index (χ3v) is 10.8. The molecule has 0 saturated carbocycles. The van der Waals surface area contributed by atoms with E-state index in [-0.39, 0.29) is 0 Å². The second-order valence-electron chi connectivity index (χ2n) is 15.0. The van der Waals surface area contributed by atoms with Gasteiger partial charge in [-0.25, -0.2) is 4.98 Å². The maximum atomic E-state index is 6.40. The van der Waals surface area contributed by atoms with Gasteiger partial charge in [0.1, 0.15) is 11.0 Å². The quantitative estimate of drug-likeness (QED) is 0.0309. The van der Waals surface area contributed by atoms with Gasteiger partial charge in [0.15, 0.2) is 0 Å². The molecular weight excluding hydrogens is 689 g/mol. The number of allylic oxidation sites excluding steroid dienone is 3. The largest absolute Gasteiger partial charge is 0.398 e. The number of nitrogen functional groups attached to an aromatic ring is 2. The van der Waals surface area contributed by atoms with E-state index in [0.717, 1.165) is 111 Å². The van der Waals surface area contributed by atoms with E-state index in [4.69, 9.17) is 21.4 Å². The summed E-state index contributed by atoms with van der Waals surface area (Å²) >= 11 is 0. The zero-order valence-corrected chi connectivity index (χ0v) is 33.3. The molecule has 0 fully saturated rings. The molecule has 286 valence electrons. The van der Waals surface area contributed by atoms with Crippen molar-refractivity contribution in [3.8, 4) is 5.69 Å². The molecule has 8 heteroatoms. The van der Waals surface area contributed by atoms with E-state index in [2.05, 4.69) is 107 Å². The van der Waals surface area contributed by atoms with Crippen LogP contribution in [0.4, 0.5) is 34.1 Å². The van der Waals surface area contributed by atoms with Gasteiger partial charge in [-0.2, -0.15) is 0 Å². The number of unbranched alkanes of at least 4 members (excludes halogenated alkanes) is 5. The number of hydrogen-bond donors (Lipinski definition) is 5. The van der Waals surface area contributed by atoms with Gasteiger partial charge in [0.25, 0.3) is 0 Å². The van der Waals surface area contributed by atoms with Crippen LogP contribution in [0.1, 0.15) is 68.6 Å². The van der Waals surface area contributed by atoms with Crippen molar-refractivity contribution >= 4 is 61.9 Å². The van der Waals surface area contributed by atoms with Crippen LogP contribution in [0.5, 0.6) is 0 Å². The minimum atomic E-state index is 0.754. The molecule has 0 spiro atoms. The van der Waals surface area contributed by atoms with Gasteiger partial charge < -0.3 is 27.4 Å². The highest BCUT2D eigenvalue weighted by Crippen LogP contribution is 2.34. The molecule has 0 saturated heterocycles. The predicted octanol–water partition coefficient (Wildman–Crippen LogP) is 10.8. The monoisotopic (exact) mass is 743 g/mol. The highest BCUT2D eigenvalue weighted by Gasteiger charge is 2.23. The van der Waals surface area contributed by atoms with E-state index in [1.54, 1.807) is 0 Å². The molecule has 0 unspecified atom stereocenters. The molecule has 1 aliphatic carbocycles. The fourth-order valence-electron chi connectivity index (χ4n) is 7.49. The predicted molar refractivity (Wildman–Crippen MR) is 238 cm³/mol. The number of nitrogens with zero attached hydrogens (tertiary/aromatic N) is 3. The summed E-state index contributed by atoms with van der Waals surface area (Å²) in [5, 5.41) is 10.9. The molecule has 0 atom stereocenters. The molecule has 1 aromatic heterocycles. The average molecular weight is 744 g/mol. The first-order valence-corrected chi connectivity index (χ1v) is 20.0. The number of aliphatic imine (C=N–C) groups is 1. The Kier molecular flexibility index (Phi) is 11.9. The minimum absolute atomic E-state index is 0.754. The fraction of sp³-hybridized carbons (Fsp3) is 0.271. The van der Waals surface area contributed by atoms with Crippen molar-refractivity contribution in [2.45, 2.75) is 72.6 Å². The standard InChI is InChI=1S/C48H54N8/c1-32-28-44(45(30-39(32)49)53-36-17-11-9-12-18-36)54-37-21-22-41(34(3)27-37)51-25-15-7-5-6-8-16-26-52-42-23-24-43-48(35(42)4)56(38-19-13-10-14-20-38)47-31-40(50)33(2)29-46(47)55-43/h9-14,17-20,22-24,27-31,51,53H,5-8,15-16,21,25-26,49H2,1-4H3,(H2,50,52)/p+1. The van der Waals surface area contributed by atoms with Crippen molar-refractivity contribution in [1.82, 2.24) is 10.3 Å². The average Bonchev–Trinajstić information content (AvgIpc) is 3.19. The Morgan fingerprint density at radius 1 is 0.679 bits per heavy atom. The molecule has 6 aromatic rings. The molecule has 8 nitrogen and oxygen atoms in total. The van der Waals surface area contributed by atoms with Crippen LogP contribution < -0.4 is 32.0 Å². The molecule has 1 aliphatic rings. The van der Waals surface area contributed by atoms with Gasteiger partial charge in [0.2, 0.25) is 16.7 Å². The molecule has 7 rings (SSSR count). The lowest BCUT2D eigenvalue weighted by atomic mass is 10.0. The summed E-state index contributed by atoms with van der Waals surface area (Å²) in [6.07, 6.45) is 12.5. The van der Waals surface area contributed by atoms with Crippen LogP contribution in [-0.2, 0) is 0 Å². The van der Waals surface area contributed by atoms with Gasteiger partial charge in [-0.05, 0) is 106 Å². The van der Waals surface area contributed by atoms with Gasteiger partial charge >= 0.3 is 0 Å². The van der Waals surface area contributed by atoms with Crippen molar-refractivity contribution in [3.63, 3.8) is 0 Å². The second-order valence-corrected chi connectivity index (χ2v) is 15.0. The van der Waals surface area contributed by atoms with E-state index in [0.29, 0.717) is 0 Å². The Morgan fingerprint density at radius 2 is 1.34 bits per heavy atom. The maximum Gasteiger partial charge on any atom is 0.242 e. The number of nitrogens with two attached hydrogens (primary N) is 2. The van der Waals surface area contributed by atoms with Crippen LogP contribution in [0, 0.1) is 20.8 Å². The van der Waals surface area contributed by atoms with Gasteiger partial charge in [0.05, 0.1) is 11.4 Å². The SMILES string of the molecule is CC1=CC(=Nc2cc(C)c(N)cc2Nc2ccccc2)CC=C1NCCCCCCCCNc1ccc2nc3cc(C)c(N)cc3[n+](-c3ccccc3)c2c1C. The van der Waals surface area contributed by atoms with Crippen molar-refractivity contribution < 1.29 is 4.57 Å². The number of hydrogen-bond acceptors (Lipinski definition) is 7. The number of rotatable bonds is 15. The number of aryl methyl sites for hydroxylation is 3. The third-order valence-electron chi connectivity index (χ3n) is 10.8. The van der Waals surface area contributed by atoms with Crippen LogP contribution in [0.15, 0.2) is 125 Å². The third kappa shape index (κ3) is 8.86. The summed E-state index contributed by atoms with van der Waals surface area (Å²) < 4.78 is 2.31. The zero-order chi connectivity index (χ0) is 39.0. The second kappa shape index (κ2) is 17.5. The number of nitrogens with one attached hydrogen (secondary N) is 3. The summed E-state index contributed by atoms with van der Waals surface area (Å²) in [4.78, 5) is 10.1. The van der Waals surface area contributed by atoms with Crippen LogP contribution in [0.25, 0.3) is 27.8 Å². The molecule has 1 heterocycles. The normalized spacial score (nSPS) is 13.5. The van der Waals surface area contributed by atoms with Crippen LogP contribution in [0.3, 0.4) is 0 Å². The van der Waals surface area contributed by atoms with Gasteiger partial charge in [0, 0.05) is 77.4 Å². The summed E-state index contributed by atoms with van der Waals surface area (Å²) in [6, 6.07) is 33.1. The minimum Gasteiger partial charge on any atom is -0.398 e. The van der Waals surface area contributed by atoms with E-state index in [1.807, 2.05) is 50.2 Å². The fourth-order valence-corrected chi connectivity index (χ4v) is 7.49. The molecule has 56 heavy (non-hydrogen) atoms. The van der Waals surface area contributed by atoms with Gasteiger partial charge in [-0.1, -0.05) is 68.2 Å². The Morgan fingerprint density at radius 3 is 2.07 bits per heavy atom. The Bertz CT molecular complexity index is 2430. The maximum absolute atomic E-state index is 6.40. The van der Waals surface area contributed by atoms with Crippen molar-refractivity contribution in [3.05, 3.63) is 137 Å². The van der Waals surface area contributed by atoms with Crippen molar-refractivity contribution in [1.29, 1.82) is 0 Å². The smallest absolute Gasteiger partial charge is 0.242 e. The molecular formula is C48H55N8+. The number of para-hydroxylation sites is 2. The summed E-state index contributed by atoms with van der Waals surface area (Å²) in [7, 11) is 0. The molecule has 0 aliphatic heterocycles. The summed E-state index contributed by atoms with van der Waals surface area (Å²) in [6.45, 7) is 10.3. The zero-order valence-electron chi connectivity index (χ0n) is 33.3. The van der Waals surface area contributed by atoms with Crippen molar-refractivity contribution in [2.75, 3.05) is 35.2 Å². The highest BCUT2D eigenvalue weighted by molar-refractivity contribution is 6.01. The Hall–Kier alpha value is -6.15. The lowest BCUT2D eigenvalue weighted by molar-refractivity contribution is -0.538. The van der Waals surface area contributed by atoms with E-state index >= 15 is 0 Å². The van der Waals surface area contributed by atoms with Gasteiger partial charge in [-0.3, -0.25) is 4.99 Å². The number of benzene rings is 5. The Balaban J connectivity index is 0.864. The highest BCUT2D eigenvalue weighted by atomic mass is 15.0. The molecule has 0 bridgehead atoms. The Labute approximate surface area is 331 Å². The van der Waals surface area contributed by atoms with Crippen LogP contribution >= 0.6 is 0 Å². The molecule has 7 N–H and O–H groups in total. The topological polar surface area (TPSA) is 117 Å². The first-order valence-electron chi connectivity index (χ1n) is 20.0. The van der Waals surface area contributed by atoms with E-state index < -0.39 is 0 Å². The van der Waals surface area contributed by atoms with Crippen molar-refractivity contribution in [2.24, 2.45) is 4.99 Å². The molecule has 0 radical (unpaired) electrons. The van der Waals surface area contributed by atoms with Gasteiger partial charge in [-0.15, -0.1) is 4.57 Å². The number of fused-ring (bicyclic) bond motifs is 2. The number of anilines is 5. The van der Waals surface area contributed by atoms with Crippen LogP contribution in [0.2, 0.25) is 0 Å². The summed E-state index contributed by atoms with van der Waals surface area (Å²) in [5.74, 6) is 0. The molecule has 5 aromatic carbocycles. The lowest BCUT2D eigenvalue weighted by Gasteiger charge is -2.17.